The average Bonchev–Trinajstić information content (AvgIpc) is 3.28. The van der Waals surface area contributed by atoms with Crippen LogP contribution in [0.25, 0.3) is 0 Å². The lowest BCUT2D eigenvalue weighted by Crippen LogP contribution is -2.40. The van der Waals surface area contributed by atoms with Crippen molar-refractivity contribution in [2.24, 2.45) is 10.9 Å². The highest BCUT2D eigenvalue weighted by Gasteiger charge is 2.45. The Hall–Kier alpha value is -1.08. The molecule has 1 aromatic carbocycles. The van der Waals surface area contributed by atoms with Crippen LogP contribution < -0.4 is 10.6 Å². The average molecular weight is 428 g/mol. The summed E-state index contributed by atoms with van der Waals surface area (Å²) in [6, 6.07) is 8.38. The van der Waals surface area contributed by atoms with Crippen LogP contribution in [0.3, 0.4) is 0 Å². The number of benzene rings is 1. The van der Waals surface area contributed by atoms with Crippen molar-refractivity contribution >= 4 is 31.7 Å². The summed E-state index contributed by atoms with van der Waals surface area (Å²) in [4.78, 5) is 4.79. The van der Waals surface area contributed by atoms with Crippen molar-refractivity contribution in [3.8, 4) is 0 Å². The van der Waals surface area contributed by atoms with Crippen molar-refractivity contribution in [2.45, 2.75) is 31.6 Å². The van der Waals surface area contributed by atoms with Crippen LogP contribution in [0.2, 0.25) is 0 Å². The summed E-state index contributed by atoms with van der Waals surface area (Å²) >= 11 is 3.66. The zero-order valence-electron chi connectivity index (χ0n) is 14.6. The Morgan fingerprint density at radius 1 is 1.32 bits per heavy atom. The second kappa shape index (κ2) is 7.66. The summed E-state index contributed by atoms with van der Waals surface area (Å²) in [5.74, 6) is 1.58. The van der Waals surface area contributed by atoms with Crippen molar-refractivity contribution in [2.75, 3.05) is 31.1 Å². The van der Waals surface area contributed by atoms with Gasteiger partial charge in [0.15, 0.2) is 15.8 Å². The highest BCUT2D eigenvalue weighted by atomic mass is 79.9. The van der Waals surface area contributed by atoms with Gasteiger partial charge in [0.2, 0.25) is 0 Å². The molecule has 2 N–H and O–H groups in total. The third-order valence-electron chi connectivity index (χ3n) is 5.07. The van der Waals surface area contributed by atoms with Crippen LogP contribution in [-0.2, 0) is 15.3 Å². The van der Waals surface area contributed by atoms with Crippen molar-refractivity contribution < 1.29 is 8.42 Å². The number of aliphatic imine (C=N–C) groups is 1. The van der Waals surface area contributed by atoms with Crippen molar-refractivity contribution in [3.63, 3.8) is 0 Å². The molecule has 7 heteroatoms. The number of rotatable bonds is 6. The maximum Gasteiger partial charge on any atom is 0.191 e. The van der Waals surface area contributed by atoms with Crippen molar-refractivity contribution in [3.05, 3.63) is 34.3 Å². The zero-order chi connectivity index (χ0) is 17.9. The Bertz CT molecular complexity index is 744. The first-order chi connectivity index (χ1) is 11.9. The van der Waals surface area contributed by atoms with Gasteiger partial charge in [0.05, 0.1) is 18.1 Å². The molecule has 138 valence electrons. The third-order valence-corrected chi connectivity index (χ3v) is 7.60. The van der Waals surface area contributed by atoms with Gasteiger partial charge >= 0.3 is 0 Å². The van der Waals surface area contributed by atoms with E-state index in [9.17, 15) is 8.42 Å². The van der Waals surface area contributed by atoms with E-state index in [0.29, 0.717) is 18.1 Å². The van der Waals surface area contributed by atoms with Crippen LogP contribution in [0.1, 0.15) is 31.7 Å². The molecule has 1 heterocycles. The van der Waals surface area contributed by atoms with E-state index in [1.54, 1.807) is 0 Å². The summed E-state index contributed by atoms with van der Waals surface area (Å²) in [5, 5.41) is 6.60. The van der Waals surface area contributed by atoms with Gasteiger partial charge in [-0.3, -0.25) is 4.99 Å². The number of hydrogen-bond acceptors (Lipinski definition) is 3. The van der Waals surface area contributed by atoms with Crippen LogP contribution in [0.15, 0.2) is 33.7 Å². The van der Waals surface area contributed by atoms with E-state index in [4.69, 9.17) is 4.99 Å². The molecule has 1 unspecified atom stereocenters. The number of halogens is 1. The van der Waals surface area contributed by atoms with Gasteiger partial charge in [-0.1, -0.05) is 34.1 Å². The lowest BCUT2D eigenvalue weighted by molar-refractivity contribution is 0.566. The van der Waals surface area contributed by atoms with Crippen molar-refractivity contribution in [1.82, 2.24) is 10.6 Å². The van der Waals surface area contributed by atoms with Gasteiger partial charge in [0, 0.05) is 23.0 Å². The molecule has 25 heavy (non-hydrogen) atoms. The van der Waals surface area contributed by atoms with Crippen LogP contribution >= 0.6 is 15.9 Å². The zero-order valence-corrected chi connectivity index (χ0v) is 17.0. The molecular formula is C18H26BrN3O2S. The molecule has 1 aliphatic carbocycles. The topological polar surface area (TPSA) is 70.6 Å². The third kappa shape index (κ3) is 4.76. The predicted molar refractivity (Wildman–Crippen MR) is 106 cm³/mol. The van der Waals surface area contributed by atoms with Crippen molar-refractivity contribution in [1.29, 1.82) is 0 Å². The minimum Gasteiger partial charge on any atom is -0.357 e. The number of sulfone groups is 1. The van der Waals surface area contributed by atoms with Gasteiger partial charge in [0.25, 0.3) is 0 Å². The molecule has 5 nitrogen and oxygen atoms in total. The molecule has 1 atom stereocenters. The SMILES string of the molecule is CCNC(=NCC1(c2ccccc2Br)CC1)NCC1CCS(=O)(=O)C1. The highest BCUT2D eigenvalue weighted by Crippen LogP contribution is 2.50. The number of guanidine groups is 1. The minimum atomic E-state index is -2.83. The molecule has 2 aliphatic rings. The molecule has 0 radical (unpaired) electrons. The largest absolute Gasteiger partial charge is 0.357 e. The molecule has 1 saturated heterocycles. The van der Waals surface area contributed by atoms with Crippen LogP contribution in [0.4, 0.5) is 0 Å². The van der Waals surface area contributed by atoms with Gasteiger partial charge in [-0.25, -0.2) is 8.42 Å². The molecule has 1 aromatic rings. The number of hydrogen-bond donors (Lipinski definition) is 2. The normalized spacial score (nSPS) is 24.1. The van der Waals surface area contributed by atoms with E-state index >= 15 is 0 Å². The molecule has 0 bridgehead atoms. The van der Waals surface area contributed by atoms with E-state index in [-0.39, 0.29) is 11.3 Å². The van der Waals surface area contributed by atoms with Crippen LogP contribution in [-0.4, -0.2) is 45.5 Å². The van der Waals surface area contributed by atoms with Gasteiger partial charge in [0.1, 0.15) is 0 Å². The fourth-order valence-corrected chi connectivity index (χ4v) is 5.97. The summed E-state index contributed by atoms with van der Waals surface area (Å²) in [6.07, 6.45) is 3.05. The molecule has 1 aliphatic heterocycles. The maximum atomic E-state index is 11.6. The van der Waals surface area contributed by atoms with E-state index in [1.165, 1.54) is 5.56 Å². The quantitative estimate of drug-likeness (QED) is 0.540. The number of nitrogens with zero attached hydrogens (tertiary/aromatic N) is 1. The highest BCUT2D eigenvalue weighted by molar-refractivity contribution is 9.10. The Morgan fingerprint density at radius 2 is 2.08 bits per heavy atom. The van der Waals surface area contributed by atoms with E-state index < -0.39 is 9.84 Å². The minimum absolute atomic E-state index is 0.138. The van der Waals surface area contributed by atoms with E-state index in [1.807, 2.05) is 13.0 Å². The Labute approximate surface area is 158 Å². The Kier molecular flexibility index (Phi) is 5.73. The second-order valence-corrected chi connectivity index (χ2v) is 10.2. The fraction of sp³-hybridized carbons (Fsp3) is 0.611. The fourth-order valence-electron chi connectivity index (χ4n) is 3.40. The molecule has 0 amide bonds. The Morgan fingerprint density at radius 3 is 2.68 bits per heavy atom. The lowest BCUT2D eigenvalue weighted by atomic mass is 9.96. The Balaban J connectivity index is 1.62. The molecule has 2 fully saturated rings. The van der Waals surface area contributed by atoms with Crippen LogP contribution in [0.5, 0.6) is 0 Å². The first-order valence-corrected chi connectivity index (χ1v) is 11.5. The first kappa shape index (κ1) is 18.7. The van der Waals surface area contributed by atoms with Crippen LogP contribution in [0, 0.1) is 5.92 Å². The summed E-state index contributed by atoms with van der Waals surface area (Å²) < 4.78 is 24.3. The molecule has 0 spiro atoms. The van der Waals surface area contributed by atoms with Gasteiger partial charge in [-0.2, -0.15) is 0 Å². The molecule has 3 rings (SSSR count). The summed E-state index contributed by atoms with van der Waals surface area (Å²) in [7, 11) is -2.83. The first-order valence-electron chi connectivity index (χ1n) is 8.92. The van der Waals surface area contributed by atoms with E-state index in [0.717, 1.165) is 42.8 Å². The predicted octanol–water partition coefficient (Wildman–Crippen LogP) is 2.47. The molecular weight excluding hydrogens is 402 g/mol. The number of nitrogens with one attached hydrogen (secondary N) is 2. The summed E-state index contributed by atoms with van der Waals surface area (Å²) in [5.41, 5.74) is 1.47. The second-order valence-electron chi connectivity index (χ2n) is 7.11. The maximum absolute atomic E-state index is 11.6. The van der Waals surface area contributed by atoms with Gasteiger partial charge in [-0.15, -0.1) is 0 Å². The molecule has 1 saturated carbocycles. The van der Waals surface area contributed by atoms with Gasteiger partial charge < -0.3 is 10.6 Å². The van der Waals surface area contributed by atoms with E-state index in [2.05, 4.69) is 44.8 Å². The lowest BCUT2D eigenvalue weighted by Gasteiger charge is -2.18. The smallest absolute Gasteiger partial charge is 0.191 e. The standard InChI is InChI=1S/C18H26BrN3O2S/c1-2-20-17(21-11-14-7-10-25(23,24)12-14)22-13-18(8-9-18)15-5-3-4-6-16(15)19/h3-6,14H,2,7-13H2,1H3,(H2,20,21,22). The summed E-state index contributed by atoms with van der Waals surface area (Å²) in [6.45, 7) is 4.23. The monoisotopic (exact) mass is 427 g/mol. The van der Waals surface area contributed by atoms with Gasteiger partial charge in [-0.05, 0) is 43.7 Å². The molecule has 0 aromatic heterocycles.